The minimum absolute atomic E-state index is 0.0222. The number of nitrogens with one attached hydrogen (secondary N) is 2. The Morgan fingerprint density at radius 2 is 1.73 bits per heavy atom. The number of rotatable bonds is 4. The Kier molecular flexibility index (Phi) is 5.53. The van der Waals surface area contributed by atoms with Gasteiger partial charge < -0.3 is 10.2 Å². The molecule has 1 atom stereocenters. The highest BCUT2D eigenvalue weighted by Gasteiger charge is 2.35. The summed E-state index contributed by atoms with van der Waals surface area (Å²) in [6.07, 6.45) is -2.45. The van der Waals surface area contributed by atoms with Crippen molar-refractivity contribution in [2.24, 2.45) is 0 Å². The summed E-state index contributed by atoms with van der Waals surface area (Å²) in [7, 11) is 0. The maximum absolute atomic E-state index is 12.9. The maximum atomic E-state index is 12.9. The zero-order chi connectivity index (χ0) is 18.7. The standard InChI is InChI=1S/C19H18ClF3N2O/c20-15-9-8-14(19(21,22)23)12-16(15)24-18(26)17(25-10-4-5-11-25)13-6-2-1-3-7-13/h1-3,6-9,12,17H,4-5,10-11H2,(H,24,26)/p+1/t17-/m0/s1. The van der Waals surface area contributed by atoms with Crippen LogP contribution in [0.3, 0.4) is 0 Å². The van der Waals surface area contributed by atoms with Crippen molar-refractivity contribution in [3.63, 3.8) is 0 Å². The number of carbonyl (C=O) groups excluding carboxylic acids is 1. The van der Waals surface area contributed by atoms with Gasteiger partial charge in [0.2, 0.25) is 0 Å². The zero-order valence-corrected chi connectivity index (χ0v) is 14.7. The smallest absolute Gasteiger partial charge is 0.321 e. The summed E-state index contributed by atoms with van der Waals surface area (Å²) in [6, 6.07) is 11.7. The number of quaternary nitrogens is 1. The molecule has 2 aromatic rings. The third kappa shape index (κ3) is 4.19. The molecule has 0 bridgehead atoms. The van der Waals surface area contributed by atoms with E-state index in [1.165, 1.54) is 0 Å². The summed E-state index contributed by atoms with van der Waals surface area (Å²) >= 11 is 6.01. The Bertz CT molecular complexity index is 774. The number of alkyl halides is 3. The Labute approximate surface area is 154 Å². The molecule has 1 aliphatic rings. The molecule has 138 valence electrons. The Morgan fingerprint density at radius 1 is 1.08 bits per heavy atom. The first-order chi connectivity index (χ1) is 12.4. The average molecular weight is 384 g/mol. The van der Waals surface area contributed by atoms with E-state index in [9.17, 15) is 18.0 Å². The van der Waals surface area contributed by atoms with Crippen LogP contribution in [0.5, 0.6) is 0 Å². The molecule has 0 aliphatic carbocycles. The largest absolute Gasteiger partial charge is 0.416 e. The van der Waals surface area contributed by atoms with Gasteiger partial charge >= 0.3 is 6.18 Å². The lowest BCUT2D eigenvalue weighted by Crippen LogP contribution is -3.11. The number of amides is 1. The van der Waals surface area contributed by atoms with Gasteiger partial charge in [-0.15, -0.1) is 0 Å². The van der Waals surface area contributed by atoms with E-state index in [1.807, 2.05) is 30.3 Å². The molecule has 2 N–H and O–H groups in total. The highest BCUT2D eigenvalue weighted by molar-refractivity contribution is 6.33. The minimum Gasteiger partial charge on any atom is -0.321 e. The van der Waals surface area contributed by atoms with E-state index in [-0.39, 0.29) is 16.6 Å². The fourth-order valence-corrected chi connectivity index (χ4v) is 3.50. The number of halogens is 4. The van der Waals surface area contributed by atoms with Gasteiger partial charge in [0.25, 0.3) is 5.91 Å². The van der Waals surface area contributed by atoms with Gasteiger partial charge in [0, 0.05) is 18.4 Å². The van der Waals surface area contributed by atoms with Gasteiger partial charge in [-0.1, -0.05) is 41.9 Å². The fourth-order valence-electron chi connectivity index (χ4n) is 3.34. The number of hydrogen-bond donors (Lipinski definition) is 2. The van der Waals surface area contributed by atoms with Crippen molar-refractivity contribution in [2.45, 2.75) is 25.1 Å². The van der Waals surface area contributed by atoms with Gasteiger partial charge in [0.05, 0.1) is 29.4 Å². The van der Waals surface area contributed by atoms with Gasteiger partial charge in [0.1, 0.15) is 0 Å². The van der Waals surface area contributed by atoms with Crippen molar-refractivity contribution in [1.82, 2.24) is 0 Å². The van der Waals surface area contributed by atoms with E-state index in [1.54, 1.807) is 0 Å². The molecule has 2 aromatic carbocycles. The van der Waals surface area contributed by atoms with Crippen molar-refractivity contribution in [3.05, 3.63) is 64.7 Å². The molecule has 7 heteroatoms. The Morgan fingerprint density at radius 3 is 2.35 bits per heavy atom. The molecule has 1 heterocycles. The van der Waals surface area contributed by atoms with Crippen LogP contribution in [0.4, 0.5) is 18.9 Å². The van der Waals surface area contributed by atoms with Crippen molar-refractivity contribution in [3.8, 4) is 0 Å². The number of hydrogen-bond acceptors (Lipinski definition) is 1. The summed E-state index contributed by atoms with van der Waals surface area (Å²) in [5.41, 5.74) is -0.0296. The predicted octanol–water partition coefficient (Wildman–Crippen LogP) is 3.72. The summed E-state index contributed by atoms with van der Waals surface area (Å²) in [5, 5.41) is 2.68. The van der Waals surface area contributed by atoms with Crippen LogP contribution < -0.4 is 10.2 Å². The molecular weight excluding hydrogens is 365 g/mol. The topological polar surface area (TPSA) is 33.5 Å². The number of benzene rings is 2. The second-order valence-electron chi connectivity index (χ2n) is 6.39. The lowest BCUT2D eigenvalue weighted by atomic mass is 10.0. The summed E-state index contributed by atoms with van der Waals surface area (Å²) in [5.74, 6) is -0.352. The molecule has 0 radical (unpaired) electrons. The van der Waals surface area contributed by atoms with Crippen molar-refractivity contribution < 1.29 is 22.9 Å². The van der Waals surface area contributed by atoms with Crippen molar-refractivity contribution >= 4 is 23.2 Å². The van der Waals surface area contributed by atoms with E-state index >= 15 is 0 Å². The van der Waals surface area contributed by atoms with Crippen LogP contribution in [0, 0.1) is 0 Å². The zero-order valence-electron chi connectivity index (χ0n) is 13.9. The van der Waals surface area contributed by atoms with E-state index in [0.717, 1.165) is 54.6 Å². The van der Waals surface area contributed by atoms with Crippen LogP contribution in [-0.4, -0.2) is 19.0 Å². The van der Waals surface area contributed by atoms with Gasteiger partial charge in [-0.05, 0) is 18.2 Å². The van der Waals surface area contributed by atoms with E-state index in [2.05, 4.69) is 5.32 Å². The van der Waals surface area contributed by atoms with E-state index in [0.29, 0.717) is 0 Å². The first-order valence-electron chi connectivity index (χ1n) is 8.43. The molecule has 3 nitrogen and oxygen atoms in total. The molecule has 1 saturated heterocycles. The highest BCUT2D eigenvalue weighted by atomic mass is 35.5. The SMILES string of the molecule is O=C(Nc1cc(C(F)(F)F)ccc1Cl)[C@H](c1ccccc1)[NH+]1CCCC1. The third-order valence-corrected chi connectivity index (χ3v) is 4.93. The molecular formula is C19H19ClF3N2O+. The molecule has 26 heavy (non-hydrogen) atoms. The Balaban J connectivity index is 1.89. The summed E-state index contributed by atoms with van der Waals surface area (Å²) in [4.78, 5) is 14.0. The number of carbonyl (C=O) groups is 1. The first kappa shape index (κ1) is 18.7. The predicted molar refractivity (Wildman–Crippen MR) is 94.2 cm³/mol. The van der Waals surface area contributed by atoms with Gasteiger partial charge in [0.15, 0.2) is 6.04 Å². The van der Waals surface area contributed by atoms with Gasteiger partial charge in [-0.25, -0.2) is 0 Å². The van der Waals surface area contributed by atoms with E-state index < -0.39 is 17.8 Å². The van der Waals surface area contributed by atoms with E-state index in [4.69, 9.17) is 11.6 Å². The monoisotopic (exact) mass is 383 g/mol. The average Bonchev–Trinajstić information content (AvgIpc) is 3.11. The molecule has 1 fully saturated rings. The molecule has 0 saturated carbocycles. The first-order valence-corrected chi connectivity index (χ1v) is 8.81. The van der Waals surface area contributed by atoms with Crippen molar-refractivity contribution in [1.29, 1.82) is 0 Å². The quantitative estimate of drug-likeness (QED) is 0.829. The second kappa shape index (κ2) is 7.68. The Hall–Kier alpha value is -2.05. The molecule has 0 spiro atoms. The van der Waals surface area contributed by atoms with Gasteiger partial charge in [-0.2, -0.15) is 13.2 Å². The molecule has 0 unspecified atom stereocenters. The highest BCUT2D eigenvalue weighted by Crippen LogP contribution is 2.34. The van der Waals surface area contributed by atoms with Crippen molar-refractivity contribution in [2.75, 3.05) is 18.4 Å². The lowest BCUT2D eigenvalue weighted by molar-refractivity contribution is -0.909. The third-order valence-electron chi connectivity index (χ3n) is 4.60. The molecule has 1 aliphatic heterocycles. The minimum atomic E-state index is -4.50. The molecule has 0 aromatic heterocycles. The van der Waals surface area contributed by atoms with Crippen LogP contribution in [0.15, 0.2) is 48.5 Å². The lowest BCUT2D eigenvalue weighted by Gasteiger charge is -2.24. The fraction of sp³-hybridized carbons (Fsp3) is 0.316. The van der Waals surface area contributed by atoms with Crippen LogP contribution >= 0.6 is 11.6 Å². The van der Waals surface area contributed by atoms with Crippen LogP contribution in [0.2, 0.25) is 5.02 Å². The molecule has 1 amide bonds. The summed E-state index contributed by atoms with van der Waals surface area (Å²) in [6.45, 7) is 1.70. The maximum Gasteiger partial charge on any atom is 0.416 e. The molecule has 3 rings (SSSR count). The van der Waals surface area contributed by atoms with Crippen LogP contribution in [-0.2, 0) is 11.0 Å². The number of anilines is 1. The summed E-state index contributed by atoms with van der Waals surface area (Å²) < 4.78 is 38.8. The van der Waals surface area contributed by atoms with Crippen LogP contribution in [0.25, 0.3) is 0 Å². The normalized spacial score (nSPS) is 16.5. The second-order valence-corrected chi connectivity index (χ2v) is 6.80. The van der Waals surface area contributed by atoms with Crippen LogP contribution in [0.1, 0.15) is 30.0 Å². The number of likely N-dealkylation sites (tertiary alicyclic amines) is 1. The van der Waals surface area contributed by atoms with Gasteiger partial charge in [-0.3, -0.25) is 4.79 Å².